The van der Waals surface area contributed by atoms with Crippen molar-refractivity contribution in [2.24, 2.45) is 4.99 Å². The highest BCUT2D eigenvalue weighted by Crippen LogP contribution is 2.49. The van der Waals surface area contributed by atoms with E-state index >= 15 is 0 Å². The van der Waals surface area contributed by atoms with Gasteiger partial charge in [-0.05, 0) is 57.7 Å². The van der Waals surface area contributed by atoms with Gasteiger partial charge in [-0.25, -0.2) is 4.39 Å². The maximum Gasteiger partial charge on any atom is 0.191 e. The van der Waals surface area contributed by atoms with Crippen LogP contribution in [-0.2, 0) is 12.0 Å². The number of hydrogen-bond donors (Lipinski definition) is 2. The molecule has 1 aliphatic rings. The molecule has 1 aromatic heterocycles. The largest absolute Gasteiger partial charge is 0.357 e. The molecule has 0 atom stereocenters. The monoisotopic (exact) mass is 499 g/mol. The highest BCUT2D eigenvalue weighted by Gasteiger charge is 2.45. The fourth-order valence-electron chi connectivity index (χ4n) is 3.46. The van der Waals surface area contributed by atoms with Crippen molar-refractivity contribution in [2.45, 2.75) is 52.0 Å². The molecule has 28 heavy (non-hydrogen) atoms. The van der Waals surface area contributed by atoms with Crippen LogP contribution in [0.3, 0.4) is 0 Å². The maximum atomic E-state index is 14.2. The number of aromatic nitrogens is 2. The molecule has 7 heteroatoms. The fourth-order valence-corrected chi connectivity index (χ4v) is 3.46. The minimum atomic E-state index is -0.128. The standard InChI is InChI=1S/C21H30FN5.HI/c1-4-23-20(24-12-7-13-27-17(3)14-16(2)26-27)25-15-21(10-11-21)18-8-5-6-9-19(18)22;/h5-6,8-9,14H,4,7,10-13,15H2,1-3H3,(H2,23,24,25);1H. The predicted octanol–water partition coefficient (Wildman–Crippen LogP) is 3.93. The Bertz CT molecular complexity index is 798. The van der Waals surface area contributed by atoms with Gasteiger partial charge in [-0.2, -0.15) is 5.10 Å². The number of nitrogens with one attached hydrogen (secondary N) is 2. The molecule has 5 nitrogen and oxygen atoms in total. The molecule has 0 spiro atoms. The van der Waals surface area contributed by atoms with Crippen LogP contribution in [0.5, 0.6) is 0 Å². The fraction of sp³-hybridized carbons (Fsp3) is 0.524. The average Bonchev–Trinajstić information content (AvgIpc) is 3.36. The first-order chi connectivity index (χ1) is 13.0. The van der Waals surface area contributed by atoms with Crippen molar-refractivity contribution in [1.29, 1.82) is 0 Å². The van der Waals surface area contributed by atoms with Gasteiger partial charge in [0.2, 0.25) is 0 Å². The highest BCUT2D eigenvalue weighted by atomic mass is 127. The minimum Gasteiger partial charge on any atom is -0.357 e. The molecule has 1 saturated carbocycles. The number of halogens is 2. The van der Waals surface area contributed by atoms with Crippen LogP contribution in [-0.4, -0.2) is 35.4 Å². The summed E-state index contributed by atoms with van der Waals surface area (Å²) in [5.74, 6) is 0.682. The van der Waals surface area contributed by atoms with E-state index in [4.69, 9.17) is 4.99 Å². The van der Waals surface area contributed by atoms with Crippen LogP contribution >= 0.6 is 24.0 Å². The number of aliphatic imine (C=N–C) groups is 1. The number of rotatable bonds is 8. The molecular formula is C21H31FIN5. The Hall–Kier alpha value is -1.64. The van der Waals surface area contributed by atoms with E-state index in [1.54, 1.807) is 12.1 Å². The Morgan fingerprint density at radius 1 is 1.25 bits per heavy atom. The van der Waals surface area contributed by atoms with Crippen molar-refractivity contribution >= 4 is 29.9 Å². The number of hydrogen-bond acceptors (Lipinski definition) is 2. The second-order valence-corrected chi connectivity index (χ2v) is 7.39. The Morgan fingerprint density at radius 2 is 2.00 bits per heavy atom. The van der Waals surface area contributed by atoms with Crippen molar-refractivity contribution in [3.05, 3.63) is 53.1 Å². The van der Waals surface area contributed by atoms with Crippen LogP contribution in [0.4, 0.5) is 4.39 Å². The van der Waals surface area contributed by atoms with E-state index in [1.807, 2.05) is 23.7 Å². The van der Waals surface area contributed by atoms with Gasteiger partial charge < -0.3 is 10.6 Å². The van der Waals surface area contributed by atoms with Crippen LogP contribution in [0.25, 0.3) is 0 Å². The van der Waals surface area contributed by atoms with Crippen molar-refractivity contribution in [1.82, 2.24) is 20.4 Å². The number of guanidine groups is 1. The van der Waals surface area contributed by atoms with Crippen LogP contribution in [0.15, 0.2) is 35.3 Å². The quantitative estimate of drug-likeness (QED) is 0.251. The molecule has 154 valence electrons. The second kappa shape index (κ2) is 10.2. The first kappa shape index (κ1) is 22.6. The topological polar surface area (TPSA) is 54.2 Å². The first-order valence-electron chi connectivity index (χ1n) is 9.82. The normalized spacial score (nSPS) is 15.1. The van der Waals surface area contributed by atoms with Crippen molar-refractivity contribution in [3.63, 3.8) is 0 Å². The average molecular weight is 499 g/mol. The van der Waals surface area contributed by atoms with Crippen LogP contribution in [0.2, 0.25) is 0 Å². The van der Waals surface area contributed by atoms with E-state index in [1.165, 1.54) is 5.69 Å². The van der Waals surface area contributed by atoms with Gasteiger partial charge in [0.25, 0.3) is 0 Å². The van der Waals surface area contributed by atoms with E-state index < -0.39 is 0 Å². The minimum absolute atomic E-state index is 0. The third-order valence-electron chi connectivity index (χ3n) is 5.13. The van der Waals surface area contributed by atoms with Gasteiger partial charge in [0.15, 0.2) is 5.96 Å². The lowest BCUT2D eigenvalue weighted by Gasteiger charge is -2.16. The van der Waals surface area contributed by atoms with Gasteiger partial charge in [-0.15, -0.1) is 24.0 Å². The number of nitrogens with zero attached hydrogens (tertiary/aromatic N) is 3. The maximum absolute atomic E-state index is 14.2. The summed E-state index contributed by atoms with van der Waals surface area (Å²) in [5, 5.41) is 11.2. The molecule has 2 aromatic rings. The lowest BCUT2D eigenvalue weighted by Crippen LogP contribution is -2.38. The van der Waals surface area contributed by atoms with Gasteiger partial charge in [0, 0.05) is 30.7 Å². The van der Waals surface area contributed by atoms with Gasteiger partial charge >= 0.3 is 0 Å². The van der Waals surface area contributed by atoms with E-state index in [-0.39, 0.29) is 35.2 Å². The summed E-state index contributed by atoms with van der Waals surface area (Å²) >= 11 is 0. The lowest BCUT2D eigenvalue weighted by molar-refractivity contribution is 0.553. The van der Waals surface area contributed by atoms with Gasteiger partial charge in [0.1, 0.15) is 5.82 Å². The zero-order valence-corrected chi connectivity index (χ0v) is 19.3. The molecule has 0 radical (unpaired) electrons. The van der Waals surface area contributed by atoms with Crippen molar-refractivity contribution in [2.75, 3.05) is 19.6 Å². The zero-order valence-electron chi connectivity index (χ0n) is 17.0. The van der Waals surface area contributed by atoms with E-state index in [9.17, 15) is 4.39 Å². The number of benzene rings is 1. The van der Waals surface area contributed by atoms with Crippen molar-refractivity contribution < 1.29 is 4.39 Å². The van der Waals surface area contributed by atoms with Gasteiger partial charge in [0.05, 0.1) is 12.2 Å². The smallest absolute Gasteiger partial charge is 0.191 e. The van der Waals surface area contributed by atoms with E-state index in [0.717, 1.165) is 56.1 Å². The summed E-state index contributed by atoms with van der Waals surface area (Å²) < 4.78 is 16.2. The Morgan fingerprint density at radius 3 is 2.61 bits per heavy atom. The molecule has 0 bridgehead atoms. The summed E-state index contributed by atoms with van der Waals surface area (Å²) in [4.78, 5) is 4.74. The van der Waals surface area contributed by atoms with Gasteiger partial charge in [-0.1, -0.05) is 18.2 Å². The van der Waals surface area contributed by atoms with E-state index in [2.05, 4.69) is 35.6 Å². The Balaban J connectivity index is 0.00000280. The summed E-state index contributed by atoms with van der Waals surface area (Å²) in [5.41, 5.74) is 2.92. The van der Waals surface area contributed by atoms with Gasteiger partial charge in [-0.3, -0.25) is 9.67 Å². The zero-order chi connectivity index (χ0) is 19.3. The van der Waals surface area contributed by atoms with Crippen LogP contribution in [0.1, 0.15) is 43.1 Å². The Labute approximate surface area is 184 Å². The van der Waals surface area contributed by atoms with Crippen LogP contribution in [0, 0.1) is 19.7 Å². The van der Waals surface area contributed by atoms with Crippen molar-refractivity contribution in [3.8, 4) is 0 Å². The molecule has 3 rings (SSSR count). The molecule has 1 heterocycles. The second-order valence-electron chi connectivity index (χ2n) is 7.39. The number of aryl methyl sites for hydroxylation is 3. The first-order valence-corrected chi connectivity index (χ1v) is 9.82. The predicted molar refractivity (Wildman–Crippen MR) is 123 cm³/mol. The SMILES string of the molecule is CCNC(=NCC1(c2ccccc2F)CC1)NCCCn1nc(C)cc1C.I. The molecule has 1 fully saturated rings. The molecule has 1 aromatic carbocycles. The summed E-state index contributed by atoms with van der Waals surface area (Å²) in [6.45, 7) is 9.26. The lowest BCUT2D eigenvalue weighted by atomic mass is 9.95. The molecule has 0 amide bonds. The van der Waals surface area contributed by atoms with E-state index in [0.29, 0.717) is 6.54 Å². The molecule has 0 aliphatic heterocycles. The van der Waals surface area contributed by atoms with Crippen LogP contribution < -0.4 is 10.6 Å². The summed E-state index contributed by atoms with van der Waals surface area (Å²) in [6, 6.07) is 9.18. The summed E-state index contributed by atoms with van der Waals surface area (Å²) in [6.07, 6.45) is 2.95. The third kappa shape index (κ3) is 5.68. The molecule has 2 N–H and O–H groups in total. The molecular weight excluding hydrogens is 468 g/mol. The molecule has 0 unspecified atom stereocenters. The summed E-state index contributed by atoms with van der Waals surface area (Å²) in [7, 11) is 0. The highest BCUT2D eigenvalue weighted by molar-refractivity contribution is 14.0. The third-order valence-corrected chi connectivity index (χ3v) is 5.13. The Kier molecular flexibility index (Phi) is 8.27. The molecule has 0 saturated heterocycles. The molecule has 1 aliphatic carbocycles.